The second-order valence-corrected chi connectivity index (χ2v) is 11.8. The SMILES string of the molecule is CC(C)[C@H](CN[C@H](O)[C@]1(O)[C@H](Oc2ccc3c(c2)OCC(c2ccc(O)cc2)=C3O)O[C@H](C(=O)O)[C@@H](O)[C@@H]1O)CC1=CCN=C1. The molecule has 45 heavy (non-hydrogen) atoms. The van der Waals surface area contributed by atoms with Crippen molar-refractivity contribution < 1.29 is 54.8 Å². The molecule has 2 aromatic carbocycles. The number of ether oxygens (including phenoxy) is 3. The van der Waals surface area contributed by atoms with Gasteiger partial charge in [-0.3, -0.25) is 10.3 Å². The summed E-state index contributed by atoms with van der Waals surface area (Å²) >= 11 is 0. The number of aliphatic imine (C=N–C) groups is 1. The van der Waals surface area contributed by atoms with Gasteiger partial charge in [0.1, 0.15) is 48.1 Å². The van der Waals surface area contributed by atoms with Crippen molar-refractivity contribution >= 4 is 23.5 Å². The Morgan fingerprint density at radius 3 is 2.53 bits per heavy atom. The van der Waals surface area contributed by atoms with Crippen molar-refractivity contribution in [2.45, 2.75) is 56.7 Å². The number of phenols is 1. The molecule has 3 aliphatic rings. The molecule has 0 saturated carbocycles. The zero-order chi connectivity index (χ0) is 32.5. The molecular formula is C32H38N2O11. The highest BCUT2D eigenvalue weighted by atomic mass is 16.7. The normalized spacial score (nSPS) is 27.5. The maximum absolute atomic E-state index is 11.8. The van der Waals surface area contributed by atoms with Crippen molar-refractivity contribution in [1.82, 2.24) is 5.32 Å². The Hall–Kier alpha value is -3.98. The molecule has 13 nitrogen and oxygen atoms in total. The summed E-state index contributed by atoms with van der Waals surface area (Å²) in [5.74, 6) is -1.27. The van der Waals surface area contributed by atoms with Crippen molar-refractivity contribution in [3.63, 3.8) is 0 Å². The number of nitrogens with zero attached hydrogens (tertiary/aromatic N) is 1. The number of aliphatic carboxylic acids is 1. The van der Waals surface area contributed by atoms with Crippen molar-refractivity contribution in [3.8, 4) is 17.2 Å². The van der Waals surface area contributed by atoms with E-state index in [9.17, 15) is 40.5 Å². The van der Waals surface area contributed by atoms with Gasteiger partial charge in [-0.2, -0.15) is 0 Å². The first-order valence-electron chi connectivity index (χ1n) is 14.6. The monoisotopic (exact) mass is 626 g/mol. The van der Waals surface area contributed by atoms with E-state index in [2.05, 4.69) is 10.3 Å². The van der Waals surface area contributed by atoms with Crippen molar-refractivity contribution in [2.75, 3.05) is 19.7 Å². The first-order valence-corrected chi connectivity index (χ1v) is 14.6. The molecule has 7 atom stereocenters. The summed E-state index contributed by atoms with van der Waals surface area (Å²) in [6, 6.07) is 10.5. The molecule has 5 rings (SSSR count). The highest BCUT2D eigenvalue weighted by Crippen LogP contribution is 2.40. The highest BCUT2D eigenvalue weighted by Gasteiger charge is 2.62. The Kier molecular flexibility index (Phi) is 9.49. The number of allylic oxidation sites excluding steroid dienone is 1. The molecular weight excluding hydrogens is 588 g/mol. The van der Waals surface area contributed by atoms with Crippen LogP contribution in [0, 0.1) is 11.8 Å². The fourth-order valence-electron chi connectivity index (χ4n) is 5.60. The minimum absolute atomic E-state index is 0.00879. The number of fused-ring (bicyclic) bond motifs is 1. The Morgan fingerprint density at radius 1 is 1.16 bits per heavy atom. The van der Waals surface area contributed by atoms with E-state index < -0.39 is 42.4 Å². The molecule has 0 amide bonds. The predicted octanol–water partition coefficient (Wildman–Crippen LogP) is 1.43. The third-order valence-corrected chi connectivity index (χ3v) is 8.49. The van der Waals surface area contributed by atoms with Gasteiger partial charge in [0.2, 0.25) is 6.29 Å². The minimum Gasteiger partial charge on any atom is -0.508 e. The standard InChI is InChI=1S/C32H38N2O11/c1-16(2)19(11-17-9-10-33-13-17)14-34-30(41)32(42)28(38)26(37)27(29(39)40)45-31(32)44-21-7-8-22-24(12-21)43-15-23(25(22)36)18-3-5-20(35)6-4-18/h3-9,12-13,16,19,26-28,30-31,34-38,41-42H,10-11,14-15H2,1-2H3,(H,39,40)/t19-,26+,27-,28-,30+,31+,32-/m0/s1. The van der Waals surface area contributed by atoms with Crippen LogP contribution in [-0.4, -0.2) is 104 Å². The zero-order valence-corrected chi connectivity index (χ0v) is 24.8. The van der Waals surface area contributed by atoms with Gasteiger partial charge in [0.15, 0.2) is 11.7 Å². The molecule has 8 N–H and O–H groups in total. The number of carbonyl (C=O) groups is 1. The average Bonchev–Trinajstić information content (AvgIpc) is 3.53. The Labute approximate surface area is 259 Å². The lowest BCUT2D eigenvalue weighted by molar-refractivity contribution is -0.338. The van der Waals surface area contributed by atoms with Gasteiger partial charge >= 0.3 is 5.97 Å². The number of hydrogen-bond donors (Lipinski definition) is 8. The summed E-state index contributed by atoms with van der Waals surface area (Å²) in [4.78, 5) is 16.0. The lowest BCUT2D eigenvalue weighted by Crippen LogP contribution is -2.75. The van der Waals surface area contributed by atoms with E-state index in [0.717, 1.165) is 5.57 Å². The van der Waals surface area contributed by atoms with Gasteiger partial charge in [-0.05, 0) is 53.7 Å². The van der Waals surface area contributed by atoms with Gasteiger partial charge in [0.05, 0.1) is 12.1 Å². The third-order valence-electron chi connectivity index (χ3n) is 8.49. The smallest absolute Gasteiger partial charge is 0.335 e. The van der Waals surface area contributed by atoms with Crippen molar-refractivity contribution in [1.29, 1.82) is 0 Å². The van der Waals surface area contributed by atoms with Gasteiger partial charge in [-0.25, -0.2) is 4.79 Å². The summed E-state index contributed by atoms with van der Waals surface area (Å²) in [6.45, 7) is 4.77. The van der Waals surface area contributed by atoms with Crippen molar-refractivity contribution in [2.24, 2.45) is 16.8 Å². The molecule has 0 unspecified atom stereocenters. The maximum atomic E-state index is 11.8. The molecule has 0 aliphatic carbocycles. The van der Waals surface area contributed by atoms with Crippen LogP contribution in [0.15, 0.2) is 59.1 Å². The highest BCUT2D eigenvalue weighted by molar-refractivity contribution is 5.91. The molecule has 0 bridgehead atoms. The van der Waals surface area contributed by atoms with E-state index in [-0.39, 0.29) is 48.0 Å². The van der Waals surface area contributed by atoms with Crippen LogP contribution in [0.2, 0.25) is 0 Å². The summed E-state index contributed by atoms with van der Waals surface area (Å²) < 4.78 is 17.1. The van der Waals surface area contributed by atoms with Crippen LogP contribution in [0.3, 0.4) is 0 Å². The van der Waals surface area contributed by atoms with Crippen LogP contribution in [0.5, 0.6) is 17.2 Å². The molecule has 0 radical (unpaired) electrons. The van der Waals surface area contributed by atoms with Gasteiger partial charge in [0, 0.05) is 24.4 Å². The summed E-state index contributed by atoms with van der Waals surface area (Å²) in [5.41, 5.74) is -0.256. The van der Waals surface area contributed by atoms with E-state index in [4.69, 9.17) is 14.2 Å². The first kappa shape index (κ1) is 32.4. The van der Waals surface area contributed by atoms with E-state index in [1.165, 1.54) is 30.3 Å². The number of aliphatic hydroxyl groups is 5. The second-order valence-electron chi connectivity index (χ2n) is 11.8. The lowest BCUT2D eigenvalue weighted by atomic mass is 9.84. The lowest BCUT2D eigenvalue weighted by Gasteiger charge is -2.48. The Balaban J connectivity index is 1.39. The van der Waals surface area contributed by atoms with E-state index in [1.807, 2.05) is 19.9 Å². The Morgan fingerprint density at radius 2 is 1.89 bits per heavy atom. The van der Waals surface area contributed by atoms with Crippen LogP contribution in [0.4, 0.5) is 0 Å². The van der Waals surface area contributed by atoms with Crippen LogP contribution < -0.4 is 14.8 Å². The molecule has 0 spiro atoms. The fraction of sp³-hybridized carbons (Fsp3) is 0.438. The third kappa shape index (κ3) is 6.54. The summed E-state index contributed by atoms with van der Waals surface area (Å²) in [6.07, 6.45) is -5.75. The van der Waals surface area contributed by atoms with Crippen LogP contribution in [0.25, 0.3) is 11.3 Å². The summed E-state index contributed by atoms with van der Waals surface area (Å²) in [7, 11) is 0. The molecule has 3 heterocycles. The van der Waals surface area contributed by atoms with Gasteiger partial charge in [0.25, 0.3) is 0 Å². The number of aromatic hydroxyl groups is 1. The molecule has 1 fully saturated rings. The van der Waals surface area contributed by atoms with Gasteiger partial charge in [-0.15, -0.1) is 0 Å². The number of nitrogens with one attached hydrogen (secondary N) is 1. The maximum Gasteiger partial charge on any atom is 0.335 e. The quantitative estimate of drug-likeness (QED) is 0.167. The Bertz CT molecular complexity index is 1490. The number of hydrogen-bond acceptors (Lipinski definition) is 12. The second kappa shape index (κ2) is 13.2. The fourth-order valence-corrected chi connectivity index (χ4v) is 5.60. The molecule has 3 aliphatic heterocycles. The summed E-state index contributed by atoms with van der Waals surface area (Å²) in [5, 5.41) is 77.4. The zero-order valence-electron chi connectivity index (χ0n) is 24.8. The van der Waals surface area contributed by atoms with Crippen LogP contribution in [-0.2, 0) is 9.53 Å². The number of carboxylic acid groups (broad SMARTS) is 1. The number of phenolic OH excluding ortho intramolecular Hbond substituents is 1. The van der Waals surface area contributed by atoms with Crippen LogP contribution in [0.1, 0.15) is 31.4 Å². The average molecular weight is 627 g/mol. The molecule has 2 aromatic rings. The van der Waals surface area contributed by atoms with E-state index in [0.29, 0.717) is 29.7 Å². The van der Waals surface area contributed by atoms with Gasteiger partial charge < -0.3 is 50.0 Å². The molecule has 1 saturated heterocycles. The minimum atomic E-state index is -2.73. The number of benzene rings is 2. The van der Waals surface area contributed by atoms with Crippen LogP contribution >= 0.6 is 0 Å². The molecule has 13 heteroatoms. The van der Waals surface area contributed by atoms with Gasteiger partial charge in [-0.1, -0.05) is 32.1 Å². The number of aliphatic hydroxyl groups excluding tert-OH is 4. The van der Waals surface area contributed by atoms with E-state index >= 15 is 0 Å². The topological polar surface area (TPSA) is 211 Å². The number of carboxylic acids is 1. The first-order chi connectivity index (χ1) is 21.4. The predicted molar refractivity (Wildman–Crippen MR) is 162 cm³/mol. The number of rotatable bonds is 11. The molecule has 242 valence electrons. The largest absolute Gasteiger partial charge is 0.508 e. The molecule has 0 aromatic heterocycles. The van der Waals surface area contributed by atoms with Crippen molar-refractivity contribution in [3.05, 3.63) is 65.2 Å². The van der Waals surface area contributed by atoms with E-state index in [1.54, 1.807) is 18.3 Å².